The molecule has 1 aliphatic carbocycles. The van der Waals surface area contributed by atoms with E-state index in [1.165, 1.54) is 0 Å². The summed E-state index contributed by atoms with van der Waals surface area (Å²) in [5, 5.41) is 9.84. The molecular formula is C17H17N3O. The molecule has 1 aliphatic heterocycles. The van der Waals surface area contributed by atoms with Crippen LogP contribution in [-0.2, 0) is 13.0 Å². The molecule has 0 saturated carbocycles. The summed E-state index contributed by atoms with van der Waals surface area (Å²) < 4.78 is 2.32. The Bertz CT molecular complexity index is 844. The van der Waals surface area contributed by atoms with Crippen molar-refractivity contribution in [3.63, 3.8) is 0 Å². The van der Waals surface area contributed by atoms with E-state index in [0.29, 0.717) is 6.54 Å². The molecule has 0 bridgehead atoms. The fourth-order valence-electron chi connectivity index (χ4n) is 3.94. The Morgan fingerprint density at radius 3 is 3.05 bits per heavy atom. The molecule has 1 atom stereocenters. The molecule has 4 nitrogen and oxygen atoms in total. The summed E-state index contributed by atoms with van der Waals surface area (Å²) in [4.78, 5) is 15.0. The minimum atomic E-state index is 0.196. The van der Waals surface area contributed by atoms with E-state index in [-0.39, 0.29) is 11.5 Å². The van der Waals surface area contributed by atoms with Crippen LogP contribution in [0.3, 0.4) is 0 Å². The zero-order valence-electron chi connectivity index (χ0n) is 12.1. The number of hydrogen-bond acceptors (Lipinski definition) is 3. The summed E-state index contributed by atoms with van der Waals surface area (Å²) in [7, 11) is 0. The summed E-state index contributed by atoms with van der Waals surface area (Å²) in [6, 6.07) is 8.65. The van der Waals surface area contributed by atoms with E-state index in [1.54, 1.807) is 0 Å². The van der Waals surface area contributed by atoms with Gasteiger partial charge in [0.2, 0.25) is 0 Å². The second-order valence-corrected chi connectivity index (χ2v) is 6.05. The van der Waals surface area contributed by atoms with Gasteiger partial charge in [-0.1, -0.05) is 11.6 Å². The van der Waals surface area contributed by atoms with E-state index >= 15 is 0 Å². The summed E-state index contributed by atoms with van der Waals surface area (Å²) >= 11 is 0. The number of nitrogens with zero attached hydrogens (tertiary/aromatic N) is 3. The fraction of sp³-hybridized carbons (Fsp3) is 0.412. The lowest BCUT2D eigenvalue weighted by Crippen LogP contribution is -2.38. The second-order valence-electron chi connectivity index (χ2n) is 6.05. The average molecular weight is 279 g/mol. The zero-order chi connectivity index (χ0) is 14.6. The maximum atomic E-state index is 12.8. The van der Waals surface area contributed by atoms with Crippen molar-refractivity contribution in [2.75, 3.05) is 13.1 Å². The van der Waals surface area contributed by atoms with E-state index in [0.717, 1.165) is 53.7 Å². The number of pyridine rings is 1. The Balaban J connectivity index is 2.02. The Hall–Kier alpha value is -2.12. The Morgan fingerprint density at radius 1 is 1.38 bits per heavy atom. The van der Waals surface area contributed by atoms with E-state index in [4.69, 9.17) is 5.26 Å². The highest BCUT2D eigenvalue weighted by Crippen LogP contribution is 2.38. The first-order chi connectivity index (χ1) is 10.2. The van der Waals surface area contributed by atoms with Gasteiger partial charge in [0.15, 0.2) is 5.43 Å². The second kappa shape index (κ2) is 4.44. The van der Waals surface area contributed by atoms with Crippen molar-refractivity contribution >= 4 is 10.9 Å². The van der Waals surface area contributed by atoms with Gasteiger partial charge in [0.1, 0.15) is 0 Å². The van der Waals surface area contributed by atoms with Crippen LogP contribution in [0.15, 0.2) is 23.0 Å². The van der Waals surface area contributed by atoms with Gasteiger partial charge in [0, 0.05) is 29.7 Å². The van der Waals surface area contributed by atoms with Gasteiger partial charge < -0.3 is 4.57 Å². The predicted octanol–water partition coefficient (Wildman–Crippen LogP) is 2.14. The number of aromatic nitrogens is 1. The van der Waals surface area contributed by atoms with Crippen molar-refractivity contribution in [1.29, 1.82) is 5.26 Å². The van der Waals surface area contributed by atoms with Gasteiger partial charge in [-0.05, 0) is 31.9 Å². The smallest absolute Gasteiger partial charge is 0.192 e. The summed E-state index contributed by atoms with van der Waals surface area (Å²) in [5.41, 5.74) is 4.51. The van der Waals surface area contributed by atoms with Crippen LogP contribution in [0.5, 0.6) is 0 Å². The molecule has 1 aromatic heterocycles. The SMILES string of the molecule is Cc1ccc2c(c1)c(=O)c1c3n2CCN(CC#N)[C@@H]3CC1. The van der Waals surface area contributed by atoms with Crippen LogP contribution in [0.4, 0.5) is 0 Å². The highest BCUT2D eigenvalue weighted by molar-refractivity contribution is 5.81. The Morgan fingerprint density at radius 2 is 2.24 bits per heavy atom. The van der Waals surface area contributed by atoms with Crippen molar-refractivity contribution in [2.45, 2.75) is 32.4 Å². The van der Waals surface area contributed by atoms with Crippen LogP contribution in [0.2, 0.25) is 0 Å². The first kappa shape index (κ1) is 12.6. The van der Waals surface area contributed by atoms with Crippen LogP contribution < -0.4 is 5.43 Å². The minimum absolute atomic E-state index is 0.196. The molecule has 0 amide bonds. The standard InChI is InChI=1S/C17H17N3O/c1-11-2-4-14-13(10-11)17(21)12-3-5-15-16(12)20(14)9-8-19(15)7-6-18/h2,4,10,15H,3,5,7-9H2,1H3/t15-/m1/s1. The van der Waals surface area contributed by atoms with Gasteiger partial charge in [-0.15, -0.1) is 0 Å². The molecule has 0 fully saturated rings. The van der Waals surface area contributed by atoms with Crippen molar-refractivity contribution in [2.24, 2.45) is 0 Å². The van der Waals surface area contributed by atoms with Crippen LogP contribution in [0.25, 0.3) is 10.9 Å². The first-order valence-electron chi connectivity index (χ1n) is 7.47. The molecule has 4 heteroatoms. The third-order valence-electron chi connectivity index (χ3n) is 4.87. The molecule has 2 heterocycles. The maximum Gasteiger partial charge on any atom is 0.192 e. The van der Waals surface area contributed by atoms with E-state index < -0.39 is 0 Å². The van der Waals surface area contributed by atoms with Crippen molar-refractivity contribution in [3.8, 4) is 6.07 Å². The molecule has 0 saturated heterocycles. The van der Waals surface area contributed by atoms with Gasteiger partial charge >= 0.3 is 0 Å². The molecule has 0 spiro atoms. The largest absolute Gasteiger partial charge is 0.341 e. The lowest BCUT2D eigenvalue weighted by molar-refractivity contribution is 0.180. The van der Waals surface area contributed by atoms with Crippen molar-refractivity contribution in [3.05, 3.63) is 45.2 Å². The number of fused-ring (bicyclic) bond motifs is 2. The summed E-state index contributed by atoms with van der Waals surface area (Å²) in [5.74, 6) is 0. The fourth-order valence-corrected chi connectivity index (χ4v) is 3.94. The molecule has 1 aromatic carbocycles. The topological polar surface area (TPSA) is 49.0 Å². The zero-order valence-corrected chi connectivity index (χ0v) is 12.1. The van der Waals surface area contributed by atoms with Gasteiger partial charge in [0.05, 0.1) is 24.2 Å². The van der Waals surface area contributed by atoms with Crippen LogP contribution >= 0.6 is 0 Å². The number of rotatable bonds is 1. The quantitative estimate of drug-likeness (QED) is 0.751. The summed E-state index contributed by atoms with van der Waals surface area (Å²) in [6.45, 7) is 4.22. The molecule has 106 valence electrons. The monoisotopic (exact) mass is 279 g/mol. The Kier molecular flexibility index (Phi) is 2.66. The van der Waals surface area contributed by atoms with E-state index in [2.05, 4.69) is 27.7 Å². The van der Waals surface area contributed by atoms with Crippen molar-refractivity contribution < 1.29 is 0 Å². The minimum Gasteiger partial charge on any atom is -0.341 e. The molecule has 2 aliphatic rings. The van der Waals surface area contributed by atoms with Gasteiger partial charge in [-0.3, -0.25) is 9.69 Å². The predicted molar refractivity (Wildman–Crippen MR) is 81.2 cm³/mol. The maximum absolute atomic E-state index is 12.8. The molecule has 0 unspecified atom stereocenters. The van der Waals surface area contributed by atoms with Gasteiger partial charge in [-0.2, -0.15) is 5.26 Å². The lowest BCUT2D eigenvalue weighted by atomic mass is 10.0. The lowest BCUT2D eigenvalue weighted by Gasteiger charge is -2.35. The molecular weight excluding hydrogens is 262 g/mol. The van der Waals surface area contributed by atoms with E-state index in [9.17, 15) is 4.79 Å². The van der Waals surface area contributed by atoms with E-state index in [1.807, 2.05) is 13.0 Å². The van der Waals surface area contributed by atoms with Crippen LogP contribution in [0.1, 0.15) is 29.3 Å². The third kappa shape index (κ3) is 1.68. The number of aryl methyl sites for hydroxylation is 1. The normalized spacial score (nSPS) is 20.5. The summed E-state index contributed by atoms with van der Waals surface area (Å²) in [6.07, 6.45) is 1.80. The Labute approximate surface area is 123 Å². The van der Waals surface area contributed by atoms with Gasteiger partial charge in [-0.25, -0.2) is 0 Å². The van der Waals surface area contributed by atoms with Crippen molar-refractivity contribution in [1.82, 2.24) is 9.47 Å². The van der Waals surface area contributed by atoms with Crippen LogP contribution in [0, 0.1) is 18.3 Å². The molecule has 0 N–H and O–H groups in total. The third-order valence-corrected chi connectivity index (χ3v) is 4.87. The first-order valence-corrected chi connectivity index (χ1v) is 7.47. The number of nitriles is 1. The van der Waals surface area contributed by atoms with Crippen LogP contribution in [-0.4, -0.2) is 22.6 Å². The average Bonchev–Trinajstić information content (AvgIpc) is 2.92. The van der Waals surface area contributed by atoms with Gasteiger partial charge in [0.25, 0.3) is 0 Å². The molecule has 21 heavy (non-hydrogen) atoms. The molecule has 4 rings (SSSR count). The number of hydrogen-bond donors (Lipinski definition) is 0. The molecule has 0 radical (unpaired) electrons. The molecule has 2 aromatic rings. The highest BCUT2D eigenvalue weighted by Gasteiger charge is 2.36. The highest BCUT2D eigenvalue weighted by atomic mass is 16.1. The number of benzene rings is 1.